The van der Waals surface area contributed by atoms with Gasteiger partial charge in [0.2, 0.25) is 11.8 Å². The minimum atomic E-state index is -0.700. The van der Waals surface area contributed by atoms with Crippen LogP contribution in [-0.4, -0.2) is 27.0 Å². The molecule has 31 heavy (non-hydrogen) atoms. The van der Waals surface area contributed by atoms with Gasteiger partial charge in [0, 0.05) is 27.4 Å². The van der Waals surface area contributed by atoms with E-state index in [4.69, 9.17) is 0 Å². The number of anilines is 1. The number of thiazole rings is 1. The molecule has 1 N–H and O–H groups in total. The molecular formula is C20H12BrN3O5S2. The second kappa shape index (κ2) is 7.43. The van der Waals surface area contributed by atoms with E-state index in [0.29, 0.717) is 10.7 Å². The maximum Gasteiger partial charge on any atom is 0.305 e. The average Bonchev–Trinajstić information content (AvgIpc) is 3.23. The lowest BCUT2D eigenvalue weighted by Crippen LogP contribution is -2.32. The monoisotopic (exact) mass is 517 g/mol. The number of hydrogen-bond acceptors (Lipinski definition) is 7. The lowest BCUT2D eigenvalue weighted by molar-refractivity contribution is -0.384. The van der Waals surface area contributed by atoms with Crippen molar-refractivity contribution in [2.45, 2.75) is 16.2 Å². The van der Waals surface area contributed by atoms with Crippen molar-refractivity contribution in [3.05, 3.63) is 83.2 Å². The van der Waals surface area contributed by atoms with Gasteiger partial charge in [-0.2, -0.15) is 0 Å². The molecule has 0 saturated carbocycles. The summed E-state index contributed by atoms with van der Waals surface area (Å²) in [6.45, 7) is 0. The van der Waals surface area contributed by atoms with Gasteiger partial charge in [-0.15, -0.1) is 0 Å². The van der Waals surface area contributed by atoms with E-state index < -0.39 is 27.9 Å². The Morgan fingerprint density at radius 3 is 2.32 bits per heavy atom. The number of carbonyl (C=O) groups excluding carboxylic acids is 2. The number of non-ortho nitro benzene ring substituents is 1. The molecule has 11 heteroatoms. The molecule has 5 rings (SSSR count). The molecule has 1 saturated heterocycles. The Hall–Kier alpha value is -2.76. The number of nitrogens with one attached hydrogen (secondary N) is 1. The fourth-order valence-electron chi connectivity index (χ4n) is 4.02. The predicted molar refractivity (Wildman–Crippen MR) is 120 cm³/mol. The number of nitrogens with zero attached hydrogens (tertiary/aromatic N) is 2. The molecule has 0 aliphatic carbocycles. The number of nitro groups is 1. The highest BCUT2D eigenvalue weighted by atomic mass is 79.9. The summed E-state index contributed by atoms with van der Waals surface area (Å²) in [6, 6.07) is 12.8. The van der Waals surface area contributed by atoms with E-state index in [1.165, 1.54) is 36.0 Å². The average molecular weight is 518 g/mol. The molecule has 2 aliphatic rings. The van der Waals surface area contributed by atoms with Crippen molar-refractivity contribution >= 4 is 62.2 Å². The number of rotatable bonds is 3. The molecule has 3 unspecified atom stereocenters. The number of imide groups is 1. The summed E-state index contributed by atoms with van der Waals surface area (Å²) < 4.78 is 0.877. The van der Waals surface area contributed by atoms with Gasteiger partial charge in [0.25, 0.3) is 5.69 Å². The van der Waals surface area contributed by atoms with E-state index in [-0.39, 0.29) is 16.5 Å². The molecule has 0 radical (unpaired) electrons. The largest absolute Gasteiger partial charge is 0.307 e. The van der Waals surface area contributed by atoms with Crippen LogP contribution in [0.1, 0.15) is 16.4 Å². The highest BCUT2D eigenvalue weighted by Gasteiger charge is 2.56. The molecule has 3 atom stereocenters. The van der Waals surface area contributed by atoms with Crippen LogP contribution in [-0.2, 0) is 9.59 Å². The SMILES string of the molecule is O=C1C2Sc3[nH]c(=O)sc3C(c3ccc(Br)cc3)C2C(=O)N1c1ccc([N+](=O)[O-])cc1. The highest BCUT2D eigenvalue weighted by Crippen LogP contribution is 2.53. The van der Waals surface area contributed by atoms with Crippen LogP contribution in [0.25, 0.3) is 0 Å². The van der Waals surface area contributed by atoms with E-state index in [2.05, 4.69) is 20.9 Å². The van der Waals surface area contributed by atoms with Crippen LogP contribution in [0.3, 0.4) is 0 Å². The van der Waals surface area contributed by atoms with Crippen molar-refractivity contribution in [1.82, 2.24) is 4.98 Å². The Balaban J connectivity index is 1.60. The van der Waals surface area contributed by atoms with Crippen molar-refractivity contribution in [3.8, 4) is 0 Å². The first-order valence-corrected chi connectivity index (χ1v) is 11.6. The van der Waals surface area contributed by atoms with Gasteiger partial charge < -0.3 is 4.98 Å². The number of H-pyrrole nitrogens is 1. The van der Waals surface area contributed by atoms with Crippen molar-refractivity contribution in [2.24, 2.45) is 5.92 Å². The second-order valence-electron chi connectivity index (χ2n) is 7.09. The molecule has 0 bridgehead atoms. The predicted octanol–water partition coefficient (Wildman–Crippen LogP) is 3.90. The molecule has 1 fully saturated rings. The number of benzene rings is 2. The van der Waals surface area contributed by atoms with E-state index in [1.807, 2.05) is 24.3 Å². The summed E-state index contributed by atoms with van der Waals surface area (Å²) in [7, 11) is 0. The van der Waals surface area contributed by atoms with E-state index in [0.717, 1.165) is 31.2 Å². The third kappa shape index (κ3) is 3.24. The number of amides is 2. The third-order valence-corrected chi connectivity index (χ3v) is 8.30. The Morgan fingerprint density at radius 2 is 1.68 bits per heavy atom. The number of aromatic amines is 1. The van der Waals surface area contributed by atoms with Crippen LogP contribution >= 0.6 is 39.0 Å². The molecule has 3 heterocycles. The number of nitro benzene ring substituents is 1. The molecule has 156 valence electrons. The lowest BCUT2D eigenvalue weighted by atomic mass is 9.83. The highest BCUT2D eigenvalue weighted by molar-refractivity contribution is 9.10. The van der Waals surface area contributed by atoms with Crippen LogP contribution < -0.4 is 9.77 Å². The van der Waals surface area contributed by atoms with Crippen LogP contribution in [0.5, 0.6) is 0 Å². The molecule has 2 amide bonds. The summed E-state index contributed by atoms with van der Waals surface area (Å²) in [5.74, 6) is -1.91. The van der Waals surface area contributed by atoms with Crippen LogP contribution in [0.2, 0.25) is 0 Å². The first-order valence-electron chi connectivity index (χ1n) is 9.12. The Bertz CT molecular complexity index is 1290. The first kappa shape index (κ1) is 20.2. The molecule has 2 aromatic carbocycles. The van der Waals surface area contributed by atoms with Crippen molar-refractivity contribution in [3.63, 3.8) is 0 Å². The number of halogens is 1. The Kier molecular flexibility index (Phi) is 4.83. The van der Waals surface area contributed by atoms with E-state index >= 15 is 0 Å². The lowest BCUT2D eigenvalue weighted by Gasteiger charge is -2.29. The van der Waals surface area contributed by atoms with Gasteiger partial charge in [-0.25, -0.2) is 4.90 Å². The molecule has 3 aromatic rings. The fourth-order valence-corrected chi connectivity index (χ4v) is 6.80. The van der Waals surface area contributed by atoms with Gasteiger partial charge in [0.15, 0.2) is 0 Å². The number of hydrogen-bond donors (Lipinski definition) is 1. The quantitative estimate of drug-likeness (QED) is 0.320. The fraction of sp³-hybridized carbons (Fsp3) is 0.150. The number of thioether (sulfide) groups is 1. The van der Waals surface area contributed by atoms with Crippen molar-refractivity contribution in [1.29, 1.82) is 0 Å². The van der Waals surface area contributed by atoms with Crippen LogP contribution in [0.15, 0.2) is 62.8 Å². The van der Waals surface area contributed by atoms with Gasteiger partial charge in [-0.3, -0.25) is 24.5 Å². The molecule has 1 aromatic heterocycles. The normalized spacial score (nSPS) is 22.4. The van der Waals surface area contributed by atoms with Crippen molar-refractivity contribution in [2.75, 3.05) is 4.90 Å². The van der Waals surface area contributed by atoms with E-state index in [1.54, 1.807) is 0 Å². The Labute approximate surface area is 191 Å². The third-order valence-electron chi connectivity index (χ3n) is 5.37. The zero-order valence-corrected chi connectivity index (χ0v) is 18.7. The standard InChI is InChI=1S/C20H12BrN3O5S2/c21-10-3-1-9(2-4-10)13-14-16(30-17-15(13)31-20(27)22-17)19(26)23(18(14)25)11-5-7-12(8-6-11)24(28)29/h1-8,13-14,16H,(H,22,27). The number of carbonyl (C=O) groups is 2. The van der Waals surface area contributed by atoms with Crippen molar-refractivity contribution < 1.29 is 14.5 Å². The van der Waals surface area contributed by atoms with E-state index in [9.17, 15) is 24.5 Å². The maximum absolute atomic E-state index is 13.5. The van der Waals surface area contributed by atoms with Gasteiger partial charge in [-0.05, 0) is 29.8 Å². The summed E-state index contributed by atoms with van der Waals surface area (Å²) in [5, 5.41) is 10.8. The Morgan fingerprint density at radius 1 is 1.00 bits per heavy atom. The van der Waals surface area contributed by atoms with Gasteiger partial charge >= 0.3 is 4.87 Å². The first-order chi connectivity index (χ1) is 14.8. The van der Waals surface area contributed by atoms with Gasteiger partial charge in [-0.1, -0.05) is 51.2 Å². The topological polar surface area (TPSA) is 113 Å². The minimum Gasteiger partial charge on any atom is -0.307 e. The smallest absolute Gasteiger partial charge is 0.305 e. The van der Waals surface area contributed by atoms with Gasteiger partial charge in [0.05, 0.1) is 21.6 Å². The van der Waals surface area contributed by atoms with Crippen LogP contribution in [0, 0.1) is 16.0 Å². The maximum atomic E-state index is 13.5. The second-order valence-corrected chi connectivity index (χ2v) is 10.2. The van der Waals surface area contributed by atoms with Gasteiger partial charge in [0.1, 0.15) is 5.25 Å². The zero-order valence-electron chi connectivity index (χ0n) is 15.5. The number of aromatic nitrogens is 1. The summed E-state index contributed by atoms with van der Waals surface area (Å²) >= 11 is 5.65. The molecular weight excluding hydrogens is 506 g/mol. The minimum absolute atomic E-state index is 0.123. The molecule has 8 nitrogen and oxygen atoms in total. The number of fused-ring (bicyclic) bond motifs is 2. The molecule has 0 spiro atoms. The summed E-state index contributed by atoms with van der Waals surface area (Å²) in [5.41, 5.74) is 1.01. The molecule has 2 aliphatic heterocycles. The summed E-state index contributed by atoms with van der Waals surface area (Å²) in [4.78, 5) is 53.6. The van der Waals surface area contributed by atoms with Crippen LogP contribution in [0.4, 0.5) is 11.4 Å². The zero-order chi connectivity index (χ0) is 21.9. The summed E-state index contributed by atoms with van der Waals surface area (Å²) in [6.07, 6.45) is 0.